The van der Waals surface area contributed by atoms with Gasteiger partial charge >= 0.3 is 5.69 Å². The van der Waals surface area contributed by atoms with Crippen LogP contribution in [0.25, 0.3) is 11.8 Å². The summed E-state index contributed by atoms with van der Waals surface area (Å²) in [7, 11) is 0. The van der Waals surface area contributed by atoms with E-state index in [9.17, 15) is 18.7 Å². The van der Waals surface area contributed by atoms with Gasteiger partial charge in [-0.05, 0) is 36.1 Å². The molecule has 2 N–H and O–H groups in total. The maximum Gasteiger partial charge on any atom is 0.330 e. The van der Waals surface area contributed by atoms with Gasteiger partial charge in [0.2, 0.25) is 0 Å². The number of nitrogens with one attached hydrogen (secondary N) is 1. The van der Waals surface area contributed by atoms with Gasteiger partial charge in [-0.3, -0.25) is 4.57 Å². The van der Waals surface area contributed by atoms with Gasteiger partial charge in [-0.15, -0.1) is 0 Å². The first kappa shape index (κ1) is 22.3. The van der Waals surface area contributed by atoms with E-state index in [1.165, 1.54) is 28.0 Å². The molecule has 0 saturated carbocycles. The van der Waals surface area contributed by atoms with Gasteiger partial charge in [0.25, 0.3) is 0 Å². The van der Waals surface area contributed by atoms with E-state index in [0.717, 1.165) is 23.4 Å². The maximum atomic E-state index is 14.6. The summed E-state index contributed by atoms with van der Waals surface area (Å²) < 4.78 is 31.0. The zero-order chi connectivity index (χ0) is 23.4. The zero-order valence-electron chi connectivity index (χ0n) is 17.9. The van der Waals surface area contributed by atoms with Crippen molar-refractivity contribution in [3.05, 3.63) is 107 Å². The Morgan fingerprint density at radius 1 is 1.21 bits per heavy atom. The van der Waals surface area contributed by atoms with Crippen molar-refractivity contribution in [1.29, 1.82) is 0 Å². The van der Waals surface area contributed by atoms with Crippen LogP contribution in [0.4, 0.5) is 8.78 Å². The van der Waals surface area contributed by atoms with Crippen molar-refractivity contribution < 1.29 is 13.9 Å². The topological polar surface area (TPSA) is 88.7 Å². The van der Waals surface area contributed by atoms with Crippen LogP contribution in [0.2, 0.25) is 0 Å². The van der Waals surface area contributed by atoms with Crippen molar-refractivity contribution in [2.45, 2.75) is 25.5 Å². The zero-order valence-corrected chi connectivity index (χ0v) is 17.9. The molecule has 33 heavy (non-hydrogen) atoms. The lowest BCUT2D eigenvalue weighted by atomic mass is 9.80. The molecule has 4 rings (SSSR count). The van der Waals surface area contributed by atoms with Gasteiger partial charge in [0.1, 0.15) is 29.9 Å². The van der Waals surface area contributed by atoms with Crippen molar-refractivity contribution >= 4 is 6.08 Å². The lowest BCUT2D eigenvalue weighted by Gasteiger charge is -2.34. The summed E-state index contributed by atoms with van der Waals surface area (Å²) in [6.45, 7) is 1.76. The minimum atomic E-state index is -1.64. The summed E-state index contributed by atoms with van der Waals surface area (Å²) in [5, 5.41) is 15.6. The molecule has 0 radical (unpaired) electrons. The molecule has 2 aromatic heterocycles. The lowest BCUT2D eigenvalue weighted by molar-refractivity contribution is -0.0379. The molecule has 7 nitrogen and oxygen atoms in total. The Morgan fingerprint density at radius 3 is 2.64 bits per heavy atom. The van der Waals surface area contributed by atoms with Crippen LogP contribution >= 0.6 is 0 Å². The van der Waals surface area contributed by atoms with Crippen molar-refractivity contribution in [3.63, 3.8) is 0 Å². The molecule has 0 fully saturated rings. The van der Waals surface area contributed by atoms with Crippen molar-refractivity contribution in [2.24, 2.45) is 5.92 Å². The standard InChI is InChI=1S/C24H23F2N5O2/c1-17(3-2-4-18-5-8-20(9-6-18)31-12-11-28-23(31)32)24(33,14-30-16-27-15-29-30)21-10-7-19(25)13-22(21)26/h2,4-13,15-17,33H,3,14H2,1H3,(H,28,32)/b4-2+/t17-,24+/m0/s1. The van der Waals surface area contributed by atoms with Gasteiger partial charge in [0.05, 0.1) is 12.2 Å². The second-order valence-electron chi connectivity index (χ2n) is 7.91. The van der Waals surface area contributed by atoms with E-state index in [1.807, 2.05) is 36.4 Å². The predicted octanol–water partition coefficient (Wildman–Crippen LogP) is 3.66. The molecule has 0 aliphatic carbocycles. The van der Waals surface area contributed by atoms with Crippen LogP contribution in [0.3, 0.4) is 0 Å². The number of nitrogens with zero attached hydrogens (tertiary/aromatic N) is 4. The van der Waals surface area contributed by atoms with Gasteiger partial charge in [-0.2, -0.15) is 5.10 Å². The van der Waals surface area contributed by atoms with E-state index < -0.39 is 23.2 Å². The van der Waals surface area contributed by atoms with E-state index in [1.54, 1.807) is 19.3 Å². The molecule has 0 amide bonds. The van der Waals surface area contributed by atoms with Crippen LogP contribution in [-0.2, 0) is 12.1 Å². The quantitative estimate of drug-likeness (QED) is 0.428. The molecule has 0 unspecified atom stereocenters. The second kappa shape index (κ2) is 9.33. The van der Waals surface area contributed by atoms with Gasteiger partial charge in [0.15, 0.2) is 0 Å². The van der Waals surface area contributed by atoms with Crippen molar-refractivity contribution in [2.75, 3.05) is 0 Å². The molecule has 0 aliphatic rings. The van der Waals surface area contributed by atoms with Crippen LogP contribution in [0.15, 0.2) is 78.4 Å². The molecule has 2 atom stereocenters. The summed E-state index contributed by atoms with van der Waals surface area (Å²) in [5.74, 6) is -1.96. The molecule has 0 bridgehead atoms. The average molecular weight is 451 g/mol. The van der Waals surface area contributed by atoms with E-state index in [-0.39, 0.29) is 17.8 Å². The number of rotatable bonds is 8. The molecule has 170 valence electrons. The number of H-pyrrole nitrogens is 1. The number of aromatic nitrogens is 5. The largest absolute Gasteiger partial charge is 0.383 e. The molecule has 0 saturated heterocycles. The fourth-order valence-electron chi connectivity index (χ4n) is 3.78. The van der Waals surface area contributed by atoms with E-state index in [2.05, 4.69) is 15.1 Å². The Hall–Kier alpha value is -3.85. The van der Waals surface area contributed by atoms with Crippen LogP contribution in [-0.4, -0.2) is 29.4 Å². The number of benzene rings is 2. The monoisotopic (exact) mass is 451 g/mol. The molecular formula is C24H23F2N5O2. The van der Waals surface area contributed by atoms with Gasteiger partial charge in [-0.25, -0.2) is 23.2 Å². The smallest absolute Gasteiger partial charge is 0.330 e. The predicted molar refractivity (Wildman–Crippen MR) is 119 cm³/mol. The number of halogens is 2. The van der Waals surface area contributed by atoms with Crippen LogP contribution in [0.1, 0.15) is 24.5 Å². The highest BCUT2D eigenvalue weighted by molar-refractivity contribution is 5.51. The van der Waals surface area contributed by atoms with E-state index in [0.29, 0.717) is 6.42 Å². The molecule has 2 aromatic carbocycles. The first-order valence-electron chi connectivity index (χ1n) is 10.4. The Bertz CT molecular complexity index is 1300. The lowest BCUT2D eigenvalue weighted by Crippen LogP contribution is -2.39. The molecular weight excluding hydrogens is 428 g/mol. The Morgan fingerprint density at radius 2 is 2.00 bits per heavy atom. The Labute approximate surface area is 188 Å². The van der Waals surface area contributed by atoms with E-state index >= 15 is 0 Å². The fourth-order valence-corrected chi connectivity index (χ4v) is 3.78. The number of imidazole rings is 1. The van der Waals surface area contributed by atoms with Crippen molar-refractivity contribution in [3.8, 4) is 5.69 Å². The first-order valence-corrected chi connectivity index (χ1v) is 10.4. The summed E-state index contributed by atoms with van der Waals surface area (Å²) in [6, 6.07) is 10.6. The molecule has 0 aliphatic heterocycles. The second-order valence-corrected chi connectivity index (χ2v) is 7.91. The number of hydrogen-bond donors (Lipinski definition) is 2. The fraction of sp³-hybridized carbons (Fsp3) is 0.208. The SMILES string of the molecule is C[C@@H](C/C=C/c1ccc(-n2cc[nH]c2=O)cc1)[C@](O)(Cn1cncn1)c1ccc(F)cc1F. The third-order valence-electron chi connectivity index (χ3n) is 5.70. The minimum Gasteiger partial charge on any atom is -0.383 e. The minimum absolute atomic E-state index is 0.00148. The average Bonchev–Trinajstić information content (AvgIpc) is 3.45. The van der Waals surface area contributed by atoms with Crippen LogP contribution < -0.4 is 5.69 Å². The summed E-state index contributed by atoms with van der Waals surface area (Å²) in [5.41, 5.74) is -0.216. The maximum absolute atomic E-state index is 14.6. The van der Waals surface area contributed by atoms with Gasteiger partial charge < -0.3 is 10.1 Å². The highest BCUT2D eigenvalue weighted by atomic mass is 19.1. The normalized spacial score (nSPS) is 14.4. The Balaban J connectivity index is 1.53. The van der Waals surface area contributed by atoms with Gasteiger partial charge in [0, 0.05) is 24.0 Å². The van der Waals surface area contributed by atoms with Crippen molar-refractivity contribution in [1.82, 2.24) is 24.3 Å². The highest BCUT2D eigenvalue weighted by Gasteiger charge is 2.38. The summed E-state index contributed by atoms with van der Waals surface area (Å²) >= 11 is 0. The van der Waals surface area contributed by atoms with Gasteiger partial charge in [-0.1, -0.05) is 37.3 Å². The first-order chi connectivity index (χ1) is 15.9. The highest BCUT2D eigenvalue weighted by Crippen LogP contribution is 2.35. The van der Waals surface area contributed by atoms with Crippen LogP contribution in [0, 0.1) is 17.6 Å². The summed E-state index contributed by atoms with van der Waals surface area (Å²) in [6.07, 6.45) is 10.2. The van der Waals surface area contributed by atoms with E-state index in [4.69, 9.17) is 0 Å². The van der Waals surface area contributed by atoms with Crippen LogP contribution in [0.5, 0.6) is 0 Å². The Kier molecular flexibility index (Phi) is 6.32. The number of allylic oxidation sites excluding steroid dienone is 1. The number of hydrogen-bond acceptors (Lipinski definition) is 4. The molecule has 4 aromatic rings. The molecule has 0 spiro atoms. The summed E-state index contributed by atoms with van der Waals surface area (Å²) in [4.78, 5) is 18.2. The third-order valence-corrected chi connectivity index (χ3v) is 5.70. The number of aromatic amines is 1. The molecule has 9 heteroatoms. The third kappa shape index (κ3) is 4.83. The number of aliphatic hydroxyl groups is 1. The molecule has 2 heterocycles.